The summed E-state index contributed by atoms with van der Waals surface area (Å²) in [6.45, 7) is 1.62. The number of hydrogen-bond donors (Lipinski definition) is 5. The molecule has 11 nitrogen and oxygen atoms in total. The SMILES string of the molecule is CN(CCCNC[C@@H](O)c1ccc(O)c2[nH]c(=O)ccc12)C(=O)c1ccc(COc2cccc(C(OC(N)=O)c3ccccc3)c2)cc1. The van der Waals surface area contributed by atoms with E-state index in [9.17, 15) is 24.6 Å². The molecule has 0 aliphatic rings. The number of aliphatic hydroxyl groups is 1. The summed E-state index contributed by atoms with van der Waals surface area (Å²) in [5.41, 5.74) is 8.81. The van der Waals surface area contributed by atoms with E-state index < -0.39 is 18.3 Å². The standard InChI is InChI=1S/C37H38N4O7/c1-41(20-6-19-39-22-32(43)29-15-17-31(42)34-30(29)16-18-33(44)40-34)36(45)26-13-11-24(12-14-26)23-47-28-10-5-9-27(21-28)35(48-37(38)46)25-7-3-2-4-8-25/h2-5,7-18,21,32,35,39,42-43H,6,19-20,22-23H2,1H3,(H2,38,46)(H,40,44)/t32-,35?/m1/s1. The van der Waals surface area contributed by atoms with E-state index in [2.05, 4.69) is 10.3 Å². The molecule has 1 unspecified atom stereocenters. The van der Waals surface area contributed by atoms with Crippen LogP contribution in [0.5, 0.6) is 11.5 Å². The topological polar surface area (TPSA) is 167 Å². The van der Waals surface area contributed by atoms with Gasteiger partial charge < -0.3 is 40.6 Å². The predicted octanol–water partition coefficient (Wildman–Crippen LogP) is 4.78. The Morgan fingerprint density at radius 3 is 2.44 bits per heavy atom. The zero-order valence-corrected chi connectivity index (χ0v) is 26.5. The zero-order valence-electron chi connectivity index (χ0n) is 26.5. The van der Waals surface area contributed by atoms with Crippen LogP contribution in [-0.4, -0.2) is 58.8 Å². The number of aliphatic hydroxyl groups excluding tert-OH is 1. The highest BCUT2D eigenvalue weighted by Crippen LogP contribution is 2.30. The van der Waals surface area contributed by atoms with Crippen molar-refractivity contribution in [3.8, 4) is 11.5 Å². The maximum atomic E-state index is 13.0. The first-order chi connectivity index (χ1) is 23.2. The molecule has 0 bridgehead atoms. The molecule has 4 aromatic carbocycles. The Morgan fingerprint density at radius 1 is 0.938 bits per heavy atom. The Hall–Kier alpha value is -5.65. The van der Waals surface area contributed by atoms with E-state index in [1.807, 2.05) is 60.7 Å². The van der Waals surface area contributed by atoms with Crippen molar-refractivity contribution in [3.05, 3.63) is 141 Å². The predicted molar refractivity (Wildman–Crippen MR) is 182 cm³/mol. The average Bonchev–Trinajstić information content (AvgIpc) is 3.10. The van der Waals surface area contributed by atoms with Crippen molar-refractivity contribution < 1.29 is 29.3 Å². The van der Waals surface area contributed by atoms with E-state index in [1.165, 1.54) is 12.1 Å². The van der Waals surface area contributed by atoms with Crippen LogP contribution in [-0.2, 0) is 11.3 Å². The molecule has 6 N–H and O–H groups in total. The van der Waals surface area contributed by atoms with Crippen molar-refractivity contribution in [3.63, 3.8) is 0 Å². The van der Waals surface area contributed by atoms with Gasteiger partial charge in [0, 0.05) is 42.7 Å². The molecule has 0 fully saturated rings. The second-order valence-electron chi connectivity index (χ2n) is 11.4. The summed E-state index contributed by atoms with van der Waals surface area (Å²) in [4.78, 5) is 40.5. The Balaban J connectivity index is 1.08. The van der Waals surface area contributed by atoms with Gasteiger partial charge in [0.05, 0.1) is 11.6 Å². The number of aromatic nitrogens is 1. The molecule has 5 aromatic rings. The number of rotatable bonds is 14. The number of hydrogen-bond acceptors (Lipinski definition) is 8. The molecule has 5 rings (SSSR count). The smallest absolute Gasteiger partial charge is 0.405 e. The quantitative estimate of drug-likeness (QED) is 0.107. The van der Waals surface area contributed by atoms with E-state index in [4.69, 9.17) is 15.2 Å². The number of fused-ring (bicyclic) bond motifs is 1. The van der Waals surface area contributed by atoms with Gasteiger partial charge in [-0.3, -0.25) is 9.59 Å². The number of amides is 2. The summed E-state index contributed by atoms with van der Waals surface area (Å²) in [7, 11) is 1.75. The summed E-state index contributed by atoms with van der Waals surface area (Å²) < 4.78 is 11.4. The molecule has 0 saturated heterocycles. The molecule has 0 spiro atoms. The highest BCUT2D eigenvalue weighted by molar-refractivity contribution is 5.94. The molecule has 1 heterocycles. The third-order valence-corrected chi connectivity index (χ3v) is 7.90. The second-order valence-corrected chi connectivity index (χ2v) is 11.4. The molecule has 0 saturated carbocycles. The lowest BCUT2D eigenvalue weighted by Crippen LogP contribution is -2.31. The largest absolute Gasteiger partial charge is 0.506 e. The normalized spacial score (nSPS) is 12.3. The van der Waals surface area contributed by atoms with Gasteiger partial charge in [0.15, 0.2) is 6.10 Å². The molecule has 2 amide bonds. The number of phenols is 1. The van der Waals surface area contributed by atoms with Gasteiger partial charge in [-0.25, -0.2) is 4.79 Å². The number of carbonyl (C=O) groups excluding carboxylic acids is 2. The molecule has 1 aromatic heterocycles. The molecule has 2 atom stereocenters. The minimum atomic E-state index is -0.871. The highest BCUT2D eigenvalue weighted by atomic mass is 16.6. The van der Waals surface area contributed by atoms with Crippen LogP contribution < -0.4 is 21.3 Å². The minimum Gasteiger partial charge on any atom is -0.506 e. The van der Waals surface area contributed by atoms with Crippen molar-refractivity contribution in [1.82, 2.24) is 15.2 Å². The number of H-pyrrole nitrogens is 1. The third kappa shape index (κ3) is 8.58. The molecule has 0 radical (unpaired) electrons. The summed E-state index contributed by atoms with van der Waals surface area (Å²) in [6.07, 6.45) is -1.73. The highest BCUT2D eigenvalue weighted by Gasteiger charge is 2.19. The van der Waals surface area contributed by atoms with Crippen molar-refractivity contribution in [1.29, 1.82) is 0 Å². The van der Waals surface area contributed by atoms with Gasteiger partial charge in [-0.15, -0.1) is 0 Å². The number of aromatic amines is 1. The van der Waals surface area contributed by atoms with Crippen LogP contribution in [0.2, 0.25) is 0 Å². The minimum absolute atomic E-state index is 0.0592. The molecule has 48 heavy (non-hydrogen) atoms. The first-order valence-corrected chi connectivity index (χ1v) is 15.5. The molecule has 0 aliphatic carbocycles. The van der Waals surface area contributed by atoms with Gasteiger partial charge in [0.1, 0.15) is 18.1 Å². The summed E-state index contributed by atoms with van der Waals surface area (Å²) in [5.74, 6) is 0.424. The summed E-state index contributed by atoms with van der Waals surface area (Å²) in [6, 6.07) is 29.9. The number of nitrogens with one attached hydrogen (secondary N) is 2. The Kier molecular flexibility index (Phi) is 11.1. The van der Waals surface area contributed by atoms with Crippen LogP contribution in [0.3, 0.4) is 0 Å². The zero-order chi connectivity index (χ0) is 34.0. The first kappa shape index (κ1) is 33.7. The van der Waals surface area contributed by atoms with E-state index in [0.29, 0.717) is 41.8 Å². The first-order valence-electron chi connectivity index (χ1n) is 15.5. The molecule has 11 heteroatoms. The maximum absolute atomic E-state index is 13.0. The number of ether oxygens (including phenoxy) is 2. The average molecular weight is 651 g/mol. The Morgan fingerprint density at radius 2 is 1.69 bits per heavy atom. The fourth-order valence-corrected chi connectivity index (χ4v) is 5.41. The Bertz CT molecular complexity index is 1910. The number of nitrogens with zero attached hydrogens (tertiary/aromatic N) is 1. The number of pyridine rings is 1. The van der Waals surface area contributed by atoms with Gasteiger partial charge in [-0.1, -0.05) is 60.7 Å². The lowest BCUT2D eigenvalue weighted by molar-refractivity contribution is 0.0792. The number of aromatic hydroxyl groups is 1. The van der Waals surface area contributed by atoms with Gasteiger partial charge in [0.25, 0.3) is 5.91 Å². The number of benzene rings is 4. The van der Waals surface area contributed by atoms with Gasteiger partial charge in [-0.05, 0) is 66.1 Å². The van der Waals surface area contributed by atoms with E-state index in [0.717, 1.165) is 16.7 Å². The van der Waals surface area contributed by atoms with Crippen molar-refractivity contribution in [2.45, 2.75) is 25.2 Å². The van der Waals surface area contributed by atoms with Crippen LogP contribution >= 0.6 is 0 Å². The molecular weight excluding hydrogens is 612 g/mol. The summed E-state index contributed by atoms with van der Waals surface area (Å²) in [5, 5.41) is 24.6. The number of carbonyl (C=O) groups is 2. The van der Waals surface area contributed by atoms with Crippen molar-refractivity contribution >= 4 is 22.9 Å². The van der Waals surface area contributed by atoms with Crippen LogP contribution in [0, 0.1) is 0 Å². The van der Waals surface area contributed by atoms with Crippen LogP contribution in [0.1, 0.15) is 51.2 Å². The molecule has 0 aliphatic heterocycles. The number of phenolic OH excluding ortho intramolecular Hbond substituents is 1. The van der Waals surface area contributed by atoms with Gasteiger partial charge >= 0.3 is 6.09 Å². The van der Waals surface area contributed by atoms with Crippen LogP contribution in [0.15, 0.2) is 108 Å². The van der Waals surface area contributed by atoms with Crippen LogP contribution in [0.4, 0.5) is 4.79 Å². The lowest BCUT2D eigenvalue weighted by atomic mass is 10.0. The van der Waals surface area contributed by atoms with Crippen molar-refractivity contribution in [2.24, 2.45) is 5.73 Å². The van der Waals surface area contributed by atoms with E-state index in [1.54, 1.807) is 42.3 Å². The summed E-state index contributed by atoms with van der Waals surface area (Å²) >= 11 is 0. The van der Waals surface area contributed by atoms with Crippen LogP contribution in [0.25, 0.3) is 10.9 Å². The van der Waals surface area contributed by atoms with Gasteiger partial charge in [-0.2, -0.15) is 0 Å². The number of primary amides is 1. The number of nitrogens with two attached hydrogens (primary N) is 1. The molecule has 248 valence electrons. The Labute approximate surface area is 277 Å². The lowest BCUT2D eigenvalue weighted by Gasteiger charge is -2.19. The molecular formula is C37H38N4O7. The maximum Gasteiger partial charge on any atom is 0.405 e. The fourth-order valence-electron chi connectivity index (χ4n) is 5.41. The van der Waals surface area contributed by atoms with Gasteiger partial charge in [0.2, 0.25) is 5.56 Å². The monoisotopic (exact) mass is 650 g/mol. The fraction of sp³-hybridized carbons (Fsp3) is 0.216. The van der Waals surface area contributed by atoms with E-state index >= 15 is 0 Å². The van der Waals surface area contributed by atoms with E-state index in [-0.39, 0.29) is 35.9 Å². The van der Waals surface area contributed by atoms with Crippen molar-refractivity contribution in [2.75, 3.05) is 26.7 Å². The third-order valence-electron chi connectivity index (χ3n) is 7.90. The second kappa shape index (κ2) is 15.8.